The van der Waals surface area contributed by atoms with Gasteiger partial charge < -0.3 is 19.8 Å². The van der Waals surface area contributed by atoms with Gasteiger partial charge in [0, 0.05) is 53.1 Å². The summed E-state index contributed by atoms with van der Waals surface area (Å²) in [5.74, 6) is -0.578. The number of nitrogens with zero attached hydrogens (tertiary/aromatic N) is 3. The van der Waals surface area contributed by atoms with Gasteiger partial charge in [-0.1, -0.05) is 35.9 Å². The number of hydrogen-bond acceptors (Lipinski definition) is 3. The quantitative estimate of drug-likeness (QED) is 0.181. The lowest BCUT2D eigenvalue weighted by Crippen LogP contribution is -2.35. The van der Waals surface area contributed by atoms with Crippen molar-refractivity contribution in [3.8, 4) is 28.3 Å². The van der Waals surface area contributed by atoms with Gasteiger partial charge in [-0.2, -0.15) is 18.4 Å². The van der Waals surface area contributed by atoms with E-state index >= 15 is 0 Å². The summed E-state index contributed by atoms with van der Waals surface area (Å²) < 4.78 is 56.0. The van der Waals surface area contributed by atoms with Gasteiger partial charge in [0.2, 0.25) is 0 Å². The highest BCUT2D eigenvalue weighted by atomic mass is 35.5. The number of hydrogen-bond donors (Lipinski definition) is 2. The highest BCUT2D eigenvalue weighted by Crippen LogP contribution is 2.38. The highest BCUT2D eigenvalue weighted by molar-refractivity contribution is 6.32. The van der Waals surface area contributed by atoms with Gasteiger partial charge >= 0.3 is 6.18 Å². The van der Waals surface area contributed by atoms with Crippen LogP contribution in [-0.4, -0.2) is 34.0 Å². The summed E-state index contributed by atoms with van der Waals surface area (Å²) in [5, 5.41) is 17.1. The van der Waals surface area contributed by atoms with Gasteiger partial charge in [0.15, 0.2) is 0 Å². The standard InChI is InChI=1S/C19H12F3N3O.C18H14ClFN2O/c20-19(21,22)14-3-1-12(2-4-14)15-8-11(10-23)7-13-9-16-18(26)24-5-6-25(16)17(13)15;1-10-14-8-12(19)9-15(11-3-2-4-13(20)7-11)17(14)22-6-5-21-18(23)16(10)22/h1-4,7-9H,5-6H2,(H,24,26);2-4,7-9H,5-6H2,1H3,(H,21,23). The van der Waals surface area contributed by atoms with E-state index in [-0.39, 0.29) is 17.6 Å². The predicted molar refractivity (Wildman–Crippen MR) is 179 cm³/mol. The summed E-state index contributed by atoms with van der Waals surface area (Å²) in [6.45, 7) is 4.23. The van der Waals surface area contributed by atoms with Gasteiger partial charge in [0.05, 0.1) is 28.2 Å². The Balaban J connectivity index is 0.000000155. The smallest absolute Gasteiger partial charge is 0.349 e. The molecular weight excluding hydrogens is 658 g/mol. The molecule has 0 aliphatic carbocycles. The van der Waals surface area contributed by atoms with Crippen molar-refractivity contribution in [1.82, 2.24) is 19.8 Å². The Morgan fingerprint density at radius 3 is 2.20 bits per heavy atom. The number of carbonyl (C=O) groups is 2. The van der Waals surface area contributed by atoms with E-state index in [9.17, 15) is 32.4 Å². The molecule has 12 heteroatoms. The Labute approximate surface area is 282 Å². The second kappa shape index (κ2) is 12.1. The fourth-order valence-electron chi connectivity index (χ4n) is 6.70. The fraction of sp³-hybridized carbons (Fsp3) is 0.162. The maximum Gasteiger partial charge on any atom is 0.416 e. The zero-order valence-corrected chi connectivity index (χ0v) is 26.6. The molecule has 246 valence electrons. The zero-order valence-electron chi connectivity index (χ0n) is 25.9. The van der Waals surface area contributed by atoms with E-state index in [0.29, 0.717) is 64.7 Å². The van der Waals surface area contributed by atoms with E-state index in [4.69, 9.17) is 11.6 Å². The monoisotopic (exact) mass is 683 g/mol. The van der Waals surface area contributed by atoms with Crippen molar-refractivity contribution in [2.24, 2.45) is 0 Å². The predicted octanol–water partition coefficient (Wildman–Crippen LogP) is 8.09. The molecule has 8 rings (SSSR count). The van der Waals surface area contributed by atoms with Crippen LogP contribution in [0.3, 0.4) is 0 Å². The number of alkyl halides is 3. The summed E-state index contributed by atoms with van der Waals surface area (Å²) in [6.07, 6.45) is -4.41. The first-order chi connectivity index (χ1) is 23.4. The minimum atomic E-state index is -4.41. The number of nitriles is 1. The van der Waals surface area contributed by atoms with Crippen molar-refractivity contribution in [1.29, 1.82) is 5.26 Å². The molecule has 0 saturated carbocycles. The second-order valence-electron chi connectivity index (χ2n) is 11.8. The molecule has 0 saturated heterocycles. The largest absolute Gasteiger partial charge is 0.416 e. The van der Waals surface area contributed by atoms with E-state index in [1.807, 2.05) is 34.3 Å². The fourth-order valence-corrected chi connectivity index (χ4v) is 6.92. The van der Waals surface area contributed by atoms with Gasteiger partial charge in [-0.05, 0) is 78.2 Å². The molecule has 49 heavy (non-hydrogen) atoms. The third-order valence-electron chi connectivity index (χ3n) is 8.84. The lowest BCUT2D eigenvalue weighted by molar-refractivity contribution is -0.137. The summed E-state index contributed by atoms with van der Waals surface area (Å²) in [4.78, 5) is 24.3. The average Bonchev–Trinajstić information content (AvgIpc) is 3.60. The van der Waals surface area contributed by atoms with Crippen LogP contribution < -0.4 is 10.6 Å². The van der Waals surface area contributed by atoms with Crippen molar-refractivity contribution >= 4 is 45.2 Å². The van der Waals surface area contributed by atoms with E-state index in [0.717, 1.165) is 45.2 Å². The summed E-state index contributed by atoms with van der Waals surface area (Å²) in [6, 6.07) is 22.1. The molecule has 2 N–H and O–H groups in total. The molecule has 0 unspecified atom stereocenters. The third-order valence-corrected chi connectivity index (χ3v) is 9.06. The molecular formula is C37H26ClF4N5O2. The minimum Gasteiger partial charge on any atom is -0.349 e. The van der Waals surface area contributed by atoms with E-state index in [1.165, 1.54) is 24.3 Å². The van der Waals surface area contributed by atoms with E-state index in [1.54, 1.807) is 24.3 Å². The van der Waals surface area contributed by atoms with Gasteiger partial charge in [-0.15, -0.1) is 0 Å². The molecule has 0 spiro atoms. The van der Waals surface area contributed by atoms with Crippen molar-refractivity contribution < 1.29 is 27.2 Å². The summed E-state index contributed by atoms with van der Waals surface area (Å²) in [5.41, 5.74) is 6.16. The van der Waals surface area contributed by atoms with Crippen molar-refractivity contribution in [2.75, 3.05) is 13.1 Å². The lowest BCUT2D eigenvalue weighted by Gasteiger charge is -2.18. The van der Waals surface area contributed by atoms with Crippen LogP contribution in [-0.2, 0) is 19.3 Å². The van der Waals surface area contributed by atoms with E-state index in [2.05, 4.69) is 16.7 Å². The van der Waals surface area contributed by atoms with Crippen molar-refractivity contribution in [3.63, 3.8) is 0 Å². The van der Waals surface area contributed by atoms with Gasteiger partial charge in [0.1, 0.15) is 17.2 Å². The molecule has 4 aromatic carbocycles. The van der Waals surface area contributed by atoms with E-state index < -0.39 is 11.7 Å². The number of rotatable bonds is 2. The molecule has 2 aliphatic rings. The minimum absolute atomic E-state index is 0.0775. The van der Waals surface area contributed by atoms with Crippen LogP contribution in [0.25, 0.3) is 44.1 Å². The number of fused-ring (bicyclic) bond motifs is 6. The number of amides is 2. The molecule has 0 fully saturated rings. The lowest BCUT2D eigenvalue weighted by atomic mass is 9.99. The normalized spacial score (nSPS) is 14.0. The van der Waals surface area contributed by atoms with Crippen LogP contribution in [0.5, 0.6) is 0 Å². The topological polar surface area (TPSA) is 91.8 Å². The van der Waals surface area contributed by atoms with Crippen LogP contribution in [0.15, 0.2) is 78.9 Å². The van der Waals surface area contributed by atoms with Crippen LogP contribution in [0.1, 0.15) is 37.7 Å². The molecule has 2 aromatic heterocycles. The number of carbonyl (C=O) groups excluding carboxylic acids is 2. The maximum atomic E-state index is 13.7. The number of nitrogens with one attached hydrogen (secondary N) is 2. The van der Waals surface area contributed by atoms with Gasteiger partial charge in [-0.3, -0.25) is 9.59 Å². The zero-order chi connectivity index (χ0) is 34.6. The number of benzene rings is 4. The third kappa shape index (κ3) is 5.68. The average molecular weight is 684 g/mol. The Morgan fingerprint density at radius 1 is 0.816 bits per heavy atom. The molecule has 7 nitrogen and oxygen atoms in total. The van der Waals surface area contributed by atoms with Crippen LogP contribution >= 0.6 is 11.6 Å². The molecule has 0 radical (unpaired) electrons. The second-order valence-corrected chi connectivity index (χ2v) is 12.3. The first-order valence-electron chi connectivity index (χ1n) is 15.3. The van der Waals surface area contributed by atoms with Crippen LogP contribution in [0.4, 0.5) is 17.6 Å². The van der Waals surface area contributed by atoms with Gasteiger partial charge in [-0.25, -0.2) is 4.39 Å². The first kappa shape index (κ1) is 32.0. The molecule has 4 heterocycles. The highest BCUT2D eigenvalue weighted by Gasteiger charge is 2.30. The van der Waals surface area contributed by atoms with Crippen molar-refractivity contribution in [2.45, 2.75) is 26.2 Å². The molecule has 0 bridgehead atoms. The van der Waals surface area contributed by atoms with Gasteiger partial charge in [0.25, 0.3) is 11.8 Å². The number of aromatic nitrogens is 2. The Kier molecular flexibility index (Phi) is 7.92. The maximum absolute atomic E-state index is 13.7. The Morgan fingerprint density at radius 2 is 1.51 bits per heavy atom. The van der Waals surface area contributed by atoms with Crippen molar-refractivity contribution in [3.05, 3.63) is 118 Å². The Bertz CT molecular complexity index is 2370. The van der Waals surface area contributed by atoms with Crippen LogP contribution in [0.2, 0.25) is 5.02 Å². The SMILES string of the molecule is Cc1c2n(c3c(-c4cccc(F)c4)cc(Cl)cc13)CCNC2=O.N#Cc1cc(-c2ccc(C(F)(F)F)cc2)c2c(c1)cc1n2CCNC1=O. The number of aryl methyl sites for hydroxylation is 1. The first-order valence-corrected chi connectivity index (χ1v) is 15.7. The number of halogens is 5. The molecule has 6 aromatic rings. The molecule has 2 amide bonds. The molecule has 0 atom stereocenters. The summed E-state index contributed by atoms with van der Waals surface area (Å²) >= 11 is 6.28. The Hall–Kier alpha value is -5.60. The molecule has 2 aliphatic heterocycles. The van der Waals surface area contributed by atoms with Crippen LogP contribution in [0, 0.1) is 24.1 Å². The summed E-state index contributed by atoms with van der Waals surface area (Å²) in [7, 11) is 0.